The van der Waals surface area contributed by atoms with Gasteiger partial charge in [0.2, 0.25) is 0 Å². The van der Waals surface area contributed by atoms with Crippen LogP contribution in [-0.4, -0.2) is 25.1 Å². The third-order valence-corrected chi connectivity index (χ3v) is 3.61. The highest BCUT2D eigenvalue weighted by Crippen LogP contribution is 2.18. The van der Waals surface area contributed by atoms with Crippen LogP contribution in [0, 0.1) is 13.8 Å². The highest BCUT2D eigenvalue weighted by atomic mass is 16.2. The Kier molecular flexibility index (Phi) is 3.25. The van der Waals surface area contributed by atoms with Crippen molar-refractivity contribution in [2.24, 2.45) is 7.05 Å². The van der Waals surface area contributed by atoms with Crippen molar-refractivity contribution in [1.29, 1.82) is 0 Å². The lowest BCUT2D eigenvalue weighted by Gasteiger charge is -2.06. The summed E-state index contributed by atoms with van der Waals surface area (Å²) in [4.78, 5) is 28.9. The molecule has 0 aliphatic rings. The fourth-order valence-electron chi connectivity index (χ4n) is 2.32. The lowest BCUT2D eigenvalue weighted by Crippen LogP contribution is -2.26. The quantitative estimate of drug-likeness (QED) is 0.773. The number of amides is 1. The summed E-state index contributed by atoms with van der Waals surface area (Å²) in [5, 5.41) is 6.98. The topological polar surface area (TPSA) is 81.3 Å². The van der Waals surface area contributed by atoms with E-state index in [1.165, 1.54) is 10.6 Å². The fraction of sp³-hybridized carbons (Fsp3) is 0.200. The molecule has 1 amide bonds. The van der Waals surface area contributed by atoms with Crippen molar-refractivity contribution < 1.29 is 4.79 Å². The molecule has 0 saturated heterocycles. The van der Waals surface area contributed by atoms with Crippen LogP contribution in [0.4, 0.5) is 5.69 Å². The van der Waals surface area contributed by atoms with E-state index in [9.17, 15) is 9.59 Å². The molecule has 3 aromatic heterocycles. The second-order valence-corrected chi connectivity index (χ2v) is 5.03. The van der Waals surface area contributed by atoms with Crippen molar-refractivity contribution in [3.05, 3.63) is 57.9 Å². The lowest BCUT2D eigenvalue weighted by atomic mass is 10.2. The number of aryl methyl sites for hydroxylation is 2. The summed E-state index contributed by atoms with van der Waals surface area (Å²) in [5.74, 6) is -0.491. The van der Waals surface area contributed by atoms with E-state index in [4.69, 9.17) is 0 Å². The van der Waals surface area contributed by atoms with Gasteiger partial charge < -0.3 is 5.32 Å². The monoisotopic (exact) mass is 297 g/mol. The second-order valence-electron chi connectivity index (χ2n) is 5.03. The molecule has 7 nitrogen and oxygen atoms in total. The van der Waals surface area contributed by atoms with E-state index in [0.29, 0.717) is 17.0 Å². The average molecular weight is 297 g/mol. The minimum Gasteiger partial charge on any atom is -0.319 e. The maximum absolute atomic E-state index is 12.4. The molecule has 22 heavy (non-hydrogen) atoms. The van der Waals surface area contributed by atoms with E-state index in [2.05, 4.69) is 15.4 Å². The highest BCUT2D eigenvalue weighted by Gasteiger charge is 2.17. The van der Waals surface area contributed by atoms with Gasteiger partial charge in [-0.2, -0.15) is 5.10 Å². The minimum absolute atomic E-state index is 0.00801. The Balaban J connectivity index is 2.03. The predicted molar refractivity (Wildman–Crippen MR) is 82.1 cm³/mol. The Morgan fingerprint density at radius 1 is 1.27 bits per heavy atom. The highest BCUT2D eigenvalue weighted by molar-refractivity contribution is 6.04. The van der Waals surface area contributed by atoms with Crippen LogP contribution in [0.2, 0.25) is 0 Å². The van der Waals surface area contributed by atoms with E-state index in [1.54, 1.807) is 43.0 Å². The van der Waals surface area contributed by atoms with Crippen LogP contribution in [-0.2, 0) is 7.05 Å². The summed E-state index contributed by atoms with van der Waals surface area (Å²) in [6.07, 6.45) is 2.88. The van der Waals surface area contributed by atoms with E-state index in [1.807, 2.05) is 6.92 Å². The van der Waals surface area contributed by atoms with Crippen LogP contribution in [0.25, 0.3) is 5.65 Å². The molecular weight excluding hydrogens is 282 g/mol. The van der Waals surface area contributed by atoms with Gasteiger partial charge in [0.25, 0.3) is 11.5 Å². The Morgan fingerprint density at radius 2 is 2.05 bits per heavy atom. The number of carbonyl (C=O) groups excluding carboxylic acids is 1. The summed E-state index contributed by atoms with van der Waals surface area (Å²) in [7, 11) is 1.80. The van der Waals surface area contributed by atoms with Crippen molar-refractivity contribution >= 4 is 17.2 Å². The molecule has 3 rings (SSSR count). The van der Waals surface area contributed by atoms with Crippen molar-refractivity contribution in [2.45, 2.75) is 13.8 Å². The van der Waals surface area contributed by atoms with Crippen LogP contribution in [0.5, 0.6) is 0 Å². The number of hydrogen-bond donors (Lipinski definition) is 1. The van der Waals surface area contributed by atoms with Crippen molar-refractivity contribution in [2.75, 3.05) is 5.32 Å². The van der Waals surface area contributed by atoms with Gasteiger partial charge in [0.1, 0.15) is 11.2 Å². The number of pyridine rings is 1. The first-order chi connectivity index (χ1) is 10.5. The van der Waals surface area contributed by atoms with Gasteiger partial charge in [-0.1, -0.05) is 6.07 Å². The molecule has 0 unspecified atom stereocenters. The summed E-state index contributed by atoms with van der Waals surface area (Å²) in [6, 6.07) is 5.20. The Bertz CT molecular complexity index is 939. The Hall–Kier alpha value is -2.96. The molecule has 0 atom stereocenters. The number of nitrogens with zero attached hydrogens (tertiary/aromatic N) is 4. The van der Waals surface area contributed by atoms with Gasteiger partial charge in [0.05, 0.1) is 17.1 Å². The second kappa shape index (κ2) is 5.10. The zero-order chi connectivity index (χ0) is 15.9. The number of nitrogens with one attached hydrogen (secondary N) is 1. The van der Waals surface area contributed by atoms with Crippen LogP contribution >= 0.6 is 0 Å². The normalized spacial score (nSPS) is 10.9. The van der Waals surface area contributed by atoms with Crippen LogP contribution in [0.15, 0.2) is 35.4 Å². The third kappa shape index (κ3) is 2.16. The first kappa shape index (κ1) is 14.0. The molecule has 0 aliphatic carbocycles. The van der Waals surface area contributed by atoms with Crippen molar-refractivity contribution in [3.8, 4) is 0 Å². The number of carbonyl (C=O) groups is 1. The standard InChI is InChI=1S/C15H15N5O2/c1-9-13(10(2)19(3)18-9)17-14(21)11-8-16-12-6-4-5-7-20(12)15(11)22/h4-8H,1-3H3,(H,17,21). The first-order valence-corrected chi connectivity index (χ1v) is 6.77. The van der Waals surface area contributed by atoms with E-state index >= 15 is 0 Å². The molecule has 3 heterocycles. The van der Waals surface area contributed by atoms with Crippen molar-refractivity contribution in [3.63, 3.8) is 0 Å². The Morgan fingerprint density at radius 3 is 2.73 bits per heavy atom. The van der Waals surface area contributed by atoms with Gasteiger partial charge in [0, 0.05) is 19.4 Å². The summed E-state index contributed by atoms with van der Waals surface area (Å²) >= 11 is 0. The number of hydrogen-bond acceptors (Lipinski definition) is 4. The Labute approximate surface area is 126 Å². The van der Waals surface area contributed by atoms with E-state index in [-0.39, 0.29) is 5.56 Å². The number of aromatic nitrogens is 4. The molecule has 0 aliphatic heterocycles. The number of anilines is 1. The summed E-state index contributed by atoms with van der Waals surface area (Å²) in [6.45, 7) is 3.65. The third-order valence-electron chi connectivity index (χ3n) is 3.61. The first-order valence-electron chi connectivity index (χ1n) is 6.77. The van der Waals surface area contributed by atoms with E-state index in [0.717, 1.165) is 5.69 Å². The molecule has 1 N–H and O–H groups in total. The van der Waals surface area contributed by atoms with Gasteiger partial charge >= 0.3 is 0 Å². The molecule has 0 radical (unpaired) electrons. The molecule has 0 saturated carbocycles. The summed E-state index contributed by atoms with van der Waals surface area (Å²) < 4.78 is 3.02. The molecule has 3 aromatic rings. The van der Waals surface area contributed by atoms with Gasteiger partial charge in [-0.05, 0) is 26.0 Å². The minimum atomic E-state index is -0.491. The average Bonchev–Trinajstić information content (AvgIpc) is 2.74. The van der Waals surface area contributed by atoms with Crippen LogP contribution in [0.1, 0.15) is 21.7 Å². The van der Waals surface area contributed by atoms with Gasteiger partial charge in [0.15, 0.2) is 0 Å². The van der Waals surface area contributed by atoms with Crippen LogP contribution in [0.3, 0.4) is 0 Å². The SMILES string of the molecule is Cc1nn(C)c(C)c1NC(=O)c1cnc2ccccn2c1=O. The molecule has 0 aromatic carbocycles. The van der Waals surface area contributed by atoms with Crippen LogP contribution < -0.4 is 10.9 Å². The number of fused-ring (bicyclic) bond motifs is 1. The lowest BCUT2D eigenvalue weighted by molar-refractivity contribution is 0.102. The smallest absolute Gasteiger partial charge is 0.270 e. The molecule has 0 fully saturated rings. The zero-order valence-electron chi connectivity index (χ0n) is 12.5. The molecule has 7 heteroatoms. The molecule has 112 valence electrons. The molecule has 0 bridgehead atoms. The predicted octanol–water partition coefficient (Wildman–Crippen LogP) is 1.30. The maximum Gasteiger partial charge on any atom is 0.270 e. The van der Waals surface area contributed by atoms with E-state index < -0.39 is 11.5 Å². The van der Waals surface area contributed by atoms with Gasteiger partial charge in [-0.25, -0.2) is 4.98 Å². The maximum atomic E-state index is 12.4. The largest absolute Gasteiger partial charge is 0.319 e. The fourth-order valence-corrected chi connectivity index (χ4v) is 2.32. The van der Waals surface area contributed by atoms with Gasteiger partial charge in [-0.15, -0.1) is 0 Å². The molecular formula is C15H15N5O2. The molecule has 0 spiro atoms. The number of rotatable bonds is 2. The van der Waals surface area contributed by atoms with Crippen molar-refractivity contribution in [1.82, 2.24) is 19.2 Å². The van der Waals surface area contributed by atoms with Gasteiger partial charge in [-0.3, -0.25) is 18.7 Å². The zero-order valence-corrected chi connectivity index (χ0v) is 12.5. The summed E-state index contributed by atoms with van der Waals surface area (Å²) in [5.41, 5.74) is 2.22.